The highest BCUT2D eigenvalue weighted by Gasteiger charge is 2.31. The highest BCUT2D eigenvalue weighted by Crippen LogP contribution is 2.41. The molecule has 0 atom stereocenters. The summed E-state index contributed by atoms with van der Waals surface area (Å²) in [5, 5.41) is 3.62. The third-order valence-electron chi connectivity index (χ3n) is 3.94. The average Bonchev–Trinajstić information content (AvgIpc) is 2.44. The van der Waals surface area contributed by atoms with Gasteiger partial charge in [0.25, 0.3) is 0 Å². The molecule has 0 unspecified atom stereocenters. The summed E-state index contributed by atoms with van der Waals surface area (Å²) in [5.41, 5.74) is 2.68. The molecule has 0 saturated heterocycles. The SMILES string of the molecule is CSc1ccc(NC2CC(c3ccccc3Br)C2)cc1. The first-order valence-corrected chi connectivity index (χ1v) is 8.93. The molecular weight excluding hydrogens is 330 g/mol. The number of hydrogen-bond donors (Lipinski definition) is 1. The highest BCUT2D eigenvalue weighted by molar-refractivity contribution is 9.10. The summed E-state index contributed by atoms with van der Waals surface area (Å²) in [6.07, 6.45) is 4.54. The van der Waals surface area contributed by atoms with E-state index in [1.807, 2.05) is 0 Å². The molecule has 3 heteroatoms. The van der Waals surface area contributed by atoms with Crippen LogP contribution < -0.4 is 5.32 Å². The Morgan fingerprint density at radius 3 is 2.40 bits per heavy atom. The Morgan fingerprint density at radius 1 is 1.05 bits per heavy atom. The van der Waals surface area contributed by atoms with Crippen molar-refractivity contribution in [3.05, 3.63) is 58.6 Å². The number of anilines is 1. The van der Waals surface area contributed by atoms with Crippen LogP contribution in [0.5, 0.6) is 0 Å². The molecule has 0 aromatic heterocycles. The molecule has 0 spiro atoms. The van der Waals surface area contributed by atoms with E-state index in [1.165, 1.54) is 33.5 Å². The molecule has 3 rings (SSSR count). The molecule has 20 heavy (non-hydrogen) atoms. The van der Waals surface area contributed by atoms with E-state index in [4.69, 9.17) is 0 Å². The summed E-state index contributed by atoms with van der Waals surface area (Å²) in [4.78, 5) is 1.32. The van der Waals surface area contributed by atoms with Gasteiger partial charge in [0.15, 0.2) is 0 Å². The lowest BCUT2D eigenvalue weighted by molar-refractivity contribution is 0.373. The van der Waals surface area contributed by atoms with E-state index in [0.29, 0.717) is 12.0 Å². The molecule has 1 fully saturated rings. The molecule has 1 N–H and O–H groups in total. The maximum Gasteiger partial charge on any atom is 0.0343 e. The van der Waals surface area contributed by atoms with Crippen molar-refractivity contribution in [1.82, 2.24) is 0 Å². The van der Waals surface area contributed by atoms with Crippen molar-refractivity contribution in [2.24, 2.45) is 0 Å². The molecule has 2 aromatic carbocycles. The largest absolute Gasteiger partial charge is 0.382 e. The summed E-state index contributed by atoms with van der Waals surface area (Å²) in [6.45, 7) is 0. The van der Waals surface area contributed by atoms with Gasteiger partial charge in [-0.3, -0.25) is 0 Å². The normalized spacial score (nSPS) is 21.3. The Hall–Kier alpha value is -0.930. The van der Waals surface area contributed by atoms with Gasteiger partial charge >= 0.3 is 0 Å². The monoisotopic (exact) mass is 347 g/mol. The molecule has 104 valence electrons. The first-order chi connectivity index (χ1) is 9.76. The van der Waals surface area contributed by atoms with Crippen LogP contribution in [0.3, 0.4) is 0 Å². The van der Waals surface area contributed by atoms with E-state index < -0.39 is 0 Å². The lowest BCUT2D eigenvalue weighted by Gasteiger charge is -2.37. The van der Waals surface area contributed by atoms with Crippen LogP contribution >= 0.6 is 27.7 Å². The molecule has 0 aliphatic heterocycles. The minimum atomic E-state index is 0.604. The second kappa shape index (κ2) is 6.23. The molecule has 1 aliphatic rings. The minimum Gasteiger partial charge on any atom is -0.382 e. The van der Waals surface area contributed by atoms with Crippen molar-refractivity contribution in [2.75, 3.05) is 11.6 Å². The Bertz CT molecular complexity index is 576. The van der Waals surface area contributed by atoms with Crippen LogP contribution in [-0.4, -0.2) is 12.3 Å². The van der Waals surface area contributed by atoms with Crippen LogP contribution in [0.25, 0.3) is 0 Å². The molecule has 1 nitrogen and oxygen atoms in total. The zero-order chi connectivity index (χ0) is 13.9. The summed E-state index contributed by atoms with van der Waals surface area (Å²) in [7, 11) is 0. The van der Waals surface area contributed by atoms with Gasteiger partial charge in [0, 0.05) is 21.1 Å². The first-order valence-electron chi connectivity index (χ1n) is 6.91. The molecule has 0 amide bonds. The first kappa shape index (κ1) is 14.0. The van der Waals surface area contributed by atoms with Crippen LogP contribution in [0.15, 0.2) is 57.9 Å². The predicted molar refractivity (Wildman–Crippen MR) is 91.8 cm³/mol. The van der Waals surface area contributed by atoms with Gasteiger partial charge in [-0.05, 0) is 60.9 Å². The molecule has 2 aromatic rings. The van der Waals surface area contributed by atoms with Gasteiger partial charge < -0.3 is 5.32 Å². The Balaban J connectivity index is 1.56. The van der Waals surface area contributed by atoms with E-state index >= 15 is 0 Å². The van der Waals surface area contributed by atoms with Gasteiger partial charge in [0.05, 0.1) is 0 Å². The van der Waals surface area contributed by atoms with Gasteiger partial charge in [0.1, 0.15) is 0 Å². The highest BCUT2D eigenvalue weighted by atomic mass is 79.9. The number of thioether (sulfide) groups is 1. The molecule has 1 aliphatic carbocycles. The summed E-state index contributed by atoms with van der Waals surface area (Å²) >= 11 is 5.43. The third kappa shape index (κ3) is 3.04. The molecule has 1 saturated carbocycles. The molecule has 0 radical (unpaired) electrons. The predicted octanol–water partition coefficient (Wildman–Crippen LogP) is 5.53. The Morgan fingerprint density at radius 2 is 1.75 bits per heavy atom. The fraction of sp³-hybridized carbons (Fsp3) is 0.294. The standard InChI is InChI=1S/C17H18BrNS/c1-20-15-8-6-13(7-9-15)19-14-10-12(11-14)16-4-2-3-5-17(16)18/h2-9,12,14,19H,10-11H2,1H3. The van der Waals surface area contributed by atoms with Gasteiger partial charge in [-0.1, -0.05) is 34.1 Å². The van der Waals surface area contributed by atoms with Crippen molar-refractivity contribution < 1.29 is 0 Å². The van der Waals surface area contributed by atoms with Gasteiger partial charge in [-0.15, -0.1) is 11.8 Å². The summed E-state index contributed by atoms with van der Waals surface area (Å²) in [6, 6.07) is 17.9. The zero-order valence-corrected chi connectivity index (χ0v) is 13.9. The number of benzene rings is 2. The van der Waals surface area contributed by atoms with E-state index in [9.17, 15) is 0 Å². The van der Waals surface area contributed by atoms with Crippen molar-refractivity contribution in [3.8, 4) is 0 Å². The maximum absolute atomic E-state index is 3.65. The number of rotatable bonds is 4. The van der Waals surface area contributed by atoms with Gasteiger partial charge in [0.2, 0.25) is 0 Å². The smallest absolute Gasteiger partial charge is 0.0343 e. The number of hydrogen-bond acceptors (Lipinski definition) is 2. The van der Waals surface area contributed by atoms with Gasteiger partial charge in [-0.25, -0.2) is 0 Å². The zero-order valence-electron chi connectivity index (χ0n) is 11.5. The van der Waals surface area contributed by atoms with Crippen LogP contribution in [0.2, 0.25) is 0 Å². The van der Waals surface area contributed by atoms with Crippen molar-refractivity contribution >= 4 is 33.4 Å². The van der Waals surface area contributed by atoms with Gasteiger partial charge in [-0.2, -0.15) is 0 Å². The minimum absolute atomic E-state index is 0.604. The van der Waals surface area contributed by atoms with E-state index in [1.54, 1.807) is 11.8 Å². The van der Waals surface area contributed by atoms with E-state index in [0.717, 1.165) is 0 Å². The second-order valence-corrected chi connectivity index (χ2v) is 6.99. The quantitative estimate of drug-likeness (QED) is 0.729. The van der Waals surface area contributed by atoms with Crippen molar-refractivity contribution in [3.63, 3.8) is 0 Å². The Labute approximate surface area is 133 Å². The summed E-state index contributed by atoms with van der Waals surface area (Å²) < 4.78 is 1.24. The van der Waals surface area contributed by atoms with Crippen LogP contribution in [0, 0.1) is 0 Å². The average molecular weight is 348 g/mol. The summed E-state index contributed by atoms with van der Waals surface area (Å²) in [5.74, 6) is 0.688. The number of nitrogens with one attached hydrogen (secondary N) is 1. The van der Waals surface area contributed by atoms with Crippen LogP contribution in [0.4, 0.5) is 5.69 Å². The lowest BCUT2D eigenvalue weighted by atomic mass is 9.76. The Kier molecular flexibility index (Phi) is 4.37. The molecule has 0 bridgehead atoms. The topological polar surface area (TPSA) is 12.0 Å². The van der Waals surface area contributed by atoms with Crippen LogP contribution in [-0.2, 0) is 0 Å². The third-order valence-corrected chi connectivity index (χ3v) is 5.41. The van der Waals surface area contributed by atoms with Crippen LogP contribution in [0.1, 0.15) is 24.3 Å². The maximum atomic E-state index is 3.65. The molecular formula is C17H18BrNS. The fourth-order valence-electron chi connectivity index (χ4n) is 2.72. The van der Waals surface area contributed by atoms with Crippen molar-refractivity contribution in [2.45, 2.75) is 29.7 Å². The number of halogens is 1. The fourth-order valence-corrected chi connectivity index (χ4v) is 3.74. The van der Waals surface area contributed by atoms with E-state index in [-0.39, 0.29) is 0 Å². The second-order valence-electron chi connectivity index (χ2n) is 5.26. The van der Waals surface area contributed by atoms with E-state index in [2.05, 4.69) is 76.0 Å². The lowest BCUT2D eigenvalue weighted by Crippen LogP contribution is -2.34. The van der Waals surface area contributed by atoms with Crippen molar-refractivity contribution in [1.29, 1.82) is 0 Å². The molecule has 0 heterocycles.